The molecule has 0 aromatic heterocycles. The molecule has 2 aromatic rings. The Morgan fingerprint density at radius 2 is 1.97 bits per heavy atom. The van der Waals surface area contributed by atoms with Gasteiger partial charge in [-0.2, -0.15) is 5.26 Å². The van der Waals surface area contributed by atoms with E-state index in [1.165, 1.54) is 6.07 Å². The van der Waals surface area contributed by atoms with Gasteiger partial charge in [0.15, 0.2) is 0 Å². The lowest BCUT2D eigenvalue weighted by molar-refractivity contribution is -0.384. The number of imide groups is 1. The van der Waals surface area contributed by atoms with Gasteiger partial charge in [-0.05, 0) is 18.6 Å². The summed E-state index contributed by atoms with van der Waals surface area (Å²) in [4.78, 5) is 48.4. The van der Waals surface area contributed by atoms with Crippen molar-refractivity contribution in [3.63, 3.8) is 0 Å². The molecule has 1 atom stereocenters. The number of nitro benzene ring substituents is 1. The number of urea groups is 1. The van der Waals surface area contributed by atoms with Gasteiger partial charge in [0.05, 0.1) is 16.2 Å². The number of benzene rings is 2. The third-order valence-electron chi connectivity index (χ3n) is 4.54. The van der Waals surface area contributed by atoms with Crippen molar-refractivity contribution >= 4 is 29.2 Å². The van der Waals surface area contributed by atoms with Crippen LogP contribution in [0, 0.1) is 21.4 Å². The molecule has 1 saturated heterocycles. The standard InChI is InChI=1S/C19H15N5O5/c1-19(13-5-3-2-4-6-13)17(26)23(18(27)22-19)11-16(25)21-15-8-7-14(24(28)29)9-12(15)10-20/h2-9H,11H2,1H3,(H,21,25)(H,22,27)/t19-/m0/s1. The van der Waals surface area contributed by atoms with Crippen LogP contribution >= 0.6 is 0 Å². The molecule has 4 amide bonds. The van der Waals surface area contributed by atoms with Crippen LogP contribution in [0.4, 0.5) is 16.2 Å². The van der Waals surface area contributed by atoms with E-state index in [-0.39, 0.29) is 16.9 Å². The molecule has 10 nitrogen and oxygen atoms in total. The Morgan fingerprint density at radius 3 is 2.59 bits per heavy atom. The lowest BCUT2D eigenvalue weighted by atomic mass is 9.92. The molecule has 10 heteroatoms. The zero-order chi connectivity index (χ0) is 21.2. The van der Waals surface area contributed by atoms with Gasteiger partial charge in [0.2, 0.25) is 5.91 Å². The number of nitrogens with zero attached hydrogens (tertiary/aromatic N) is 3. The highest BCUT2D eigenvalue weighted by Gasteiger charge is 2.49. The molecule has 0 unspecified atom stereocenters. The lowest BCUT2D eigenvalue weighted by Gasteiger charge is -2.22. The number of anilines is 1. The minimum Gasteiger partial charge on any atom is -0.323 e. The van der Waals surface area contributed by atoms with E-state index in [9.17, 15) is 24.5 Å². The zero-order valence-electron chi connectivity index (χ0n) is 15.2. The van der Waals surface area contributed by atoms with Crippen molar-refractivity contribution in [3.8, 4) is 6.07 Å². The van der Waals surface area contributed by atoms with Crippen LogP contribution in [0.3, 0.4) is 0 Å². The number of nitro groups is 1. The molecule has 146 valence electrons. The summed E-state index contributed by atoms with van der Waals surface area (Å²) in [5.41, 5.74) is -1.10. The Bertz CT molecular complexity index is 1060. The second-order valence-electron chi connectivity index (χ2n) is 6.46. The third kappa shape index (κ3) is 3.61. The minimum absolute atomic E-state index is 0.0426. The number of nitriles is 1. The van der Waals surface area contributed by atoms with Crippen molar-refractivity contribution in [1.29, 1.82) is 5.26 Å². The first-order valence-corrected chi connectivity index (χ1v) is 8.44. The van der Waals surface area contributed by atoms with Gasteiger partial charge in [0, 0.05) is 12.1 Å². The summed E-state index contributed by atoms with van der Waals surface area (Å²) in [6.45, 7) is 0.972. The first kappa shape index (κ1) is 19.5. The molecule has 0 saturated carbocycles. The van der Waals surface area contributed by atoms with Gasteiger partial charge < -0.3 is 10.6 Å². The zero-order valence-corrected chi connectivity index (χ0v) is 15.2. The van der Waals surface area contributed by atoms with Crippen LogP contribution in [0.25, 0.3) is 0 Å². The molecule has 0 aliphatic carbocycles. The molecule has 1 aliphatic rings. The van der Waals surface area contributed by atoms with E-state index in [1.54, 1.807) is 43.3 Å². The van der Waals surface area contributed by atoms with E-state index in [1.807, 2.05) is 0 Å². The maximum absolute atomic E-state index is 12.8. The van der Waals surface area contributed by atoms with E-state index < -0.39 is 34.9 Å². The molecule has 2 aromatic carbocycles. The number of hydrogen-bond donors (Lipinski definition) is 2. The second-order valence-corrected chi connectivity index (χ2v) is 6.46. The summed E-state index contributed by atoms with van der Waals surface area (Å²) >= 11 is 0. The number of hydrogen-bond acceptors (Lipinski definition) is 6. The summed E-state index contributed by atoms with van der Waals surface area (Å²) in [6.07, 6.45) is 0. The van der Waals surface area contributed by atoms with E-state index in [0.717, 1.165) is 17.0 Å². The first-order chi connectivity index (χ1) is 13.8. The van der Waals surface area contributed by atoms with E-state index in [0.29, 0.717) is 5.56 Å². The number of carbonyl (C=O) groups excluding carboxylic acids is 3. The molecular weight excluding hydrogens is 378 g/mol. The largest absolute Gasteiger partial charge is 0.325 e. The van der Waals surface area contributed by atoms with E-state index in [4.69, 9.17) is 5.26 Å². The van der Waals surface area contributed by atoms with Gasteiger partial charge in [0.1, 0.15) is 18.2 Å². The number of carbonyl (C=O) groups is 3. The normalized spacial score (nSPS) is 18.1. The minimum atomic E-state index is -1.30. The van der Waals surface area contributed by atoms with Crippen LogP contribution in [-0.2, 0) is 15.1 Å². The van der Waals surface area contributed by atoms with Crippen LogP contribution in [0.5, 0.6) is 0 Å². The molecule has 0 bridgehead atoms. The highest BCUT2D eigenvalue weighted by Crippen LogP contribution is 2.28. The van der Waals surface area contributed by atoms with Crippen molar-refractivity contribution in [3.05, 3.63) is 69.8 Å². The summed E-state index contributed by atoms with van der Waals surface area (Å²) in [5.74, 6) is -1.32. The fourth-order valence-corrected chi connectivity index (χ4v) is 2.99. The van der Waals surface area contributed by atoms with Gasteiger partial charge >= 0.3 is 6.03 Å². The fourth-order valence-electron chi connectivity index (χ4n) is 2.99. The maximum Gasteiger partial charge on any atom is 0.325 e. The molecule has 1 aliphatic heterocycles. The molecule has 29 heavy (non-hydrogen) atoms. The van der Waals surface area contributed by atoms with E-state index >= 15 is 0 Å². The van der Waals surface area contributed by atoms with Gasteiger partial charge in [-0.1, -0.05) is 30.3 Å². The molecule has 3 rings (SSSR count). The van der Waals surface area contributed by atoms with Crippen LogP contribution in [0.15, 0.2) is 48.5 Å². The predicted octanol–water partition coefficient (Wildman–Crippen LogP) is 1.87. The maximum atomic E-state index is 12.8. The number of amides is 4. The van der Waals surface area contributed by atoms with Crippen LogP contribution in [0.1, 0.15) is 18.1 Å². The van der Waals surface area contributed by atoms with Crippen molar-refractivity contribution in [1.82, 2.24) is 10.2 Å². The molecule has 0 radical (unpaired) electrons. The highest BCUT2D eigenvalue weighted by atomic mass is 16.6. The van der Waals surface area contributed by atoms with Crippen LogP contribution in [-0.4, -0.2) is 34.2 Å². The fraction of sp³-hybridized carbons (Fsp3) is 0.158. The predicted molar refractivity (Wildman–Crippen MR) is 100 cm³/mol. The van der Waals surface area contributed by atoms with Crippen LogP contribution in [0.2, 0.25) is 0 Å². The molecule has 1 heterocycles. The quantitative estimate of drug-likeness (QED) is 0.450. The van der Waals surface area contributed by atoms with Crippen LogP contribution < -0.4 is 10.6 Å². The number of nitrogens with one attached hydrogen (secondary N) is 2. The monoisotopic (exact) mass is 393 g/mol. The third-order valence-corrected chi connectivity index (χ3v) is 4.54. The Morgan fingerprint density at radius 1 is 1.28 bits per heavy atom. The molecule has 0 spiro atoms. The summed E-state index contributed by atoms with van der Waals surface area (Å²) in [6, 6.07) is 13.0. The average molecular weight is 393 g/mol. The Balaban J connectivity index is 1.76. The summed E-state index contributed by atoms with van der Waals surface area (Å²) < 4.78 is 0. The Hall–Kier alpha value is -4.26. The SMILES string of the molecule is C[C@@]1(c2ccccc2)NC(=O)N(CC(=O)Nc2ccc([N+](=O)[O-])cc2C#N)C1=O. The molecule has 2 N–H and O–H groups in total. The van der Waals surface area contributed by atoms with Crippen molar-refractivity contribution in [2.45, 2.75) is 12.5 Å². The van der Waals surface area contributed by atoms with Crippen molar-refractivity contribution in [2.75, 3.05) is 11.9 Å². The van der Waals surface area contributed by atoms with Crippen molar-refractivity contribution in [2.24, 2.45) is 0 Å². The lowest BCUT2D eigenvalue weighted by Crippen LogP contribution is -2.42. The Labute approximate surface area is 164 Å². The van der Waals surface area contributed by atoms with Crippen molar-refractivity contribution < 1.29 is 19.3 Å². The second kappa shape index (κ2) is 7.40. The van der Waals surface area contributed by atoms with Gasteiger partial charge in [0.25, 0.3) is 11.6 Å². The highest BCUT2D eigenvalue weighted by molar-refractivity contribution is 6.10. The Kier molecular flexibility index (Phi) is 4.97. The average Bonchev–Trinajstić information content (AvgIpc) is 2.92. The summed E-state index contributed by atoms with van der Waals surface area (Å²) in [5, 5.41) is 24.9. The summed E-state index contributed by atoms with van der Waals surface area (Å²) in [7, 11) is 0. The molecule has 1 fully saturated rings. The van der Waals surface area contributed by atoms with Gasteiger partial charge in [-0.3, -0.25) is 24.6 Å². The number of rotatable bonds is 5. The van der Waals surface area contributed by atoms with Gasteiger partial charge in [-0.15, -0.1) is 0 Å². The van der Waals surface area contributed by atoms with E-state index in [2.05, 4.69) is 10.6 Å². The number of non-ortho nitro benzene ring substituents is 1. The topological polar surface area (TPSA) is 145 Å². The first-order valence-electron chi connectivity index (χ1n) is 8.44. The smallest absolute Gasteiger partial charge is 0.323 e. The molecular formula is C19H15N5O5. The van der Waals surface area contributed by atoms with Gasteiger partial charge in [-0.25, -0.2) is 4.79 Å².